The average Bonchev–Trinajstić information content (AvgIpc) is 3.36. The lowest BCUT2D eigenvalue weighted by Gasteiger charge is -2.16. The Bertz CT molecular complexity index is 1340. The van der Waals surface area contributed by atoms with Gasteiger partial charge in [-0.05, 0) is 56.3 Å². The number of rotatable bonds is 8. The molecular weight excluding hydrogens is 454 g/mol. The van der Waals surface area contributed by atoms with Crippen LogP contribution < -0.4 is 10.9 Å². The highest BCUT2D eigenvalue weighted by Crippen LogP contribution is 2.16. The van der Waals surface area contributed by atoms with E-state index in [0.29, 0.717) is 28.6 Å². The van der Waals surface area contributed by atoms with Crippen LogP contribution in [0.2, 0.25) is 0 Å². The van der Waals surface area contributed by atoms with Gasteiger partial charge >= 0.3 is 0 Å². The molecule has 1 aliphatic rings. The van der Waals surface area contributed by atoms with Crippen molar-refractivity contribution in [2.45, 2.75) is 30.8 Å². The van der Waals surface area contributed by atoms with Gasteiger partial charge in [-0.1, -0.05) is 18.2 Å². The molecule has 0 spiro atoms. The summed E-state index contributed by atoms with van der Waals surface area (Å²) in [6.45, 7) is 3.48. The van der Waals surface area contributed by atoms with Crippen LogP contribution >= 0.6 is 0 Å². The Kier molecular flexibility index (Phi) is 7.11. The Morgan fingerprint density at radius 1 is 1.00 bits per heavy atom. The molecule has 0 radical (unpaired) electrons. The largest absolute Gasteiger partial charge is 0.346 e. The van der Waals surface area contributed by atoms with Gasteiger partial charge in [0.2, 0.25) is 10.0 Å². The van der Waals surface area contributed by atoms with E-state index >= 15 is 0 Å². The molecule has 10 heteroatoms. The Morgan fingerprint density at radius 3 is 2.29 bits per heavy atom. The lowest BCUT2D eigenvalue weighted by molar-refractivity contribution is 0.0950. The second kappa shape index (κ2) is 10.0. The fraction of sp³-hybridized carbons (Fsp3) is 0.375. The molecule has 0 bridgehead atoms. The first kappa shape index (κ1) is 24.1. The maximum absolute atomic E-state index is 12.9. The highest BCUT2D eigenvalue weighted by atomic mass is 32.2. The van der Waals surface area contributed by atoms with Gasteiger partial charge < -0.3 is 10.2 Å². The zero-order chi connectivity index (χ0) is 24.3. The van der Waals surface area contributed by atoms with Gasteiger partial charge in [-0.25, -0.2) is 17.4 Å². The molecule has 0 saturated carbocycles. The van der Waals surface area contributed by atoms with Gasteiger partial charge in [0.15, 0.2) is 0 Å². The van der Waals surface area contributed by atoms with E-state index in [1.807, 2.05) is 18.2 Å². The quantitative estimate of drug-likeness (QED) is 0.523. The number of hydrogen-bond acceptors (Lipinski definition) is 6. The molecule has 0 atom stereocenters. The van der Waals surface area contributed by atoms with Crippen molar-refractivity contribution >= 4 is 26.7 Å². The number of carbonyl (C=O) groups is 1. The molecule has 9 nitrogen and oxygen atoms in total. The number of fused-ring (bicyclic) bond motifs is 1. The van der Waals surface area contributed by atoms with Gasteiger partial charge in [-0.3, -0.25) is 9.59 Å². The summed E-state index contributed by atoms with van der Waals surface area (Å²) in [6, 6.07) is 13.1. The zero-order valence-electron chi connectivity index (χ0n) is 19.4. The number of nitrogens with one attached hydrogen (secondary N) is 1. The van der Waals surface area contributed by atoms with Crippen molar-refractivity contribution in [3.8, 4) is 0 Å². The molecule has 2 heterocycles. The first-order valence-corrected chi connectivity index (χ1v) is 12.7. The number of likely N-dealkylation sites (tertiary alicyclic amines) is 1. The van der Waals surface area contributed by atoms with Gasteiger partial charge in [0, 0.05) is 31.6 Å². The van der Waals surface area contributed by atoms with Crippen LogP contribution in [0, 0.1) is 0 Å². The molecule has 1 aliphatic heterocycles. The van der Waals surface area contributed by atoms with Crippen molar-refractivity contribution < 1.29 is 13.2 Å². The summed E-state index contributed by atoms with van der Waals surface area (Å²) < 4.78 is 27.1. The van der Waals surface area contributed by atoms with E-state index in [9.17, 15) is 18.0 Å². The first-order valence-electron chi connectivity index (χ1n) is 11.3. The summed E-state index contributed by atoms with van der Waals surface area (Å²) in [5.74, 6) is -0.352. The van der Waals surface area contributed by atoms with Crippen molar-refractivity contribution in [2.24, 2.45) is 0 Å². The van der Waals surface area contributed by atoms with E-state index in [2.05, 4.69) is 15.3 Å². The van der Waals surface area contributed by atoms with Crippen molar-refractivity contribution in [3.05, 3.63) is 70.1 Å². The molecule has 1 fully saturated rings. The maximum Gasteiger partial charge on any atom is 0.274 e. The predicted octanol–water partition coefficient (Wildman–Crippen LogP) is 1.67. The first-order chi connectivity index (χ1) is 16.3. The lowest BCUT2D eigenvalue weighted by atomic mass is 10.1. The van der Waals surface area contributed by atoms with Gasteiger partial charge in [0.25, 0.3) is 11.5 Å². The fourth-order valence-corrected chi connectivity index (χ4v) is 4.99. The number of sulfonamides is 1. The minimum absolute atomic E-state index is 0.117. The van der Waals surface area contributed by atoms with Crippen LogP contribution in [0.15, 0.2) is 58.2 Å². The third-order valence-corrected chi connectivity index (χ3v) is 7.91. The van der Waals surface area contributed by atoms with Crippen LogP contribution in [0.3, 0.4) is 0 Å². The topological polar surface area (TPSA) is 105 Å². The summed E-state index contributed by atoms with van der Waals surface area (Å²) in [5, 5.41) is 8.69. The maximum atomic E-state index is 12.9. The Morgan fingerprint density at radius 2 is 1.65 bits per heavy atom. The number of carbonyl (C=O) groups excluding carboxylic acids is 1. The molecule has 1 amide bonds. The minimum Gasteiger partial charge on any atom is -0.346 e. The van der Waals surface area contributed by atoms with E-state index in [1.165, 1.54) is 55.9 Å². The summed E-state index contributed by atoms with van der Waals surface area (Å²) >= 11 is 0. The van der Waals surface area contributed by atoms with Crippen molar-refractivity contribution in [1.82, 2.24) is 24.3 Å². The van der Waals surface area contributed by atoms with Crippen LogP contribution in [-0.2, 0) is 23.1 Å². The third-order valence-electron chi connectivity index (χ3n) is 6.08. The average molecular weight is 484 g/mol. The SMILES string of the molecule is CN(C)S(=O)(=O)c1ccc(C(=O)NCc2nn(CCN3CCCC3)c(=O)c3ccccc23)cc1. The number of hydrogen-bond donors (Lipinski definition) is 1. The number of amides is 1. The molecule has 3 aromatic rings. The smallest absolute Gasteiger partial charge is 0.274 e. The third kappa shape index (κ3) is 5.03. The molecule has 34 heavy (non-hydrogen) atoms. The van der Waals surface area contributed by atoms with E-state index in [0.717, 1.165) is 23.9 Å². The number of aromatic nitrogens is 2. The van der Waals surface area contributed by atoms with Crippen LogP contribution in [0.5, 0.6) is 0 Å². The summed E-state index contributed by atoms with van der Waals surface area (Å²) in [7, 11) is -0.651. The van der Waals surface area contributed by atoms with Gasteiger partial charge in [-0.2, -0.15) is 5.10 Å². The predicted molar refractivity (Wildman–Crippen MR) is 130 cm³/mol. The molecular formula is C24H29N5O4S. The molecule has 180 valence electrons. The van der Waals surface area contributed by atoms with E-state index in [4.69, 9.17) is 0 Å². The van der Waals surface area contributed by atoms with E-state index < -0.39 is 10.0 Å². The van der Waals surface area contributed by atoms with Crippen molar-refractivity contribution in [1.29, 1.82) is 0 Å². The Balaban J connectivity index is 1.52. The van der Waals surface area contributed by atoms with Crippen molar-refractivity contribution in [3.63, 3.8) is 0 Å². The Labute approximate surface area is 199 Å². The Hall–Kier alpha value is -3.08. The normalized spacial score (nSPS) is 14.7. The summed E-state index contributed by atoms with van der Waals surface area (Å²) in [6.07, 6.45) is 2.36. The van der Waals surface area contributed by atoms with Gasteiger partial charge in [0.1, 0.15) is 0 Å². The standard InChI is InChI=1S/C24H29N5O4S/c1-27(2)34(32,33)19-11-9-18(10-12-19)23(30)25-17-22-20-7-3-4-8-21(20)24(31)29(26-22)16-15-28-13-5-6-14-28/h3-4,7-12H,5-6,13-17H2,1-2H3,(H,25,30). The van der Waals surface area contributed by atoms with Gasteiger partial charge in [0.05, 0.1) is 29.1 Å². The molecule has 1 N–H and O–H groups in total. The lowest BCUT2D eigenvalue weighted by Crippen LogP contribution is -2.32. The second-order valence-corrected chi connectivity index (χ2v) is 10.7. The minimum atomic E-state index is -3.56. The van der Waals surface area contributed by atoms with Crippen LogP contribution in [0.4, 0.5) is 0 Å². The fourth-order valence-electron chi connectivity index (χ4n) is 4.08. The van der Waals surface area contributed by atoms with E-state index in [-0.39, 0.29) is 22.9 Å². The van der Waals surface area contributed by atoms with Crippen LogP contribution in [0.25, 0.3) is 10.8 Å². The summed E-state index contributed by atoms with van der Waals surface area (Å²) in [5.41, 5.74) is 0.809. The monoisotopic (exact) mass is 483 g/mol. The molecule has 0 unspecified atom stereocenters. The van der Waals surface area contributed by atoms with E-state index in [1.54, 1.807) is 6.07 Å². The zero-order valence-corrected chi connectivity index (χ0v) is 20.2. The van der Waals surface area contributed by atoms with Crippen molar-refractivity contribution in [2.75, 3.05) is 33.7 Å². The summed E-state index contributed by atoms with van der Waals surface area (Å²) in [4.78, 5) is 28.1. The molecule has 2 aromatic carbocycles. The van der Waals surface area contributed by atoms with Crippen LogP contribution in [0.1, 0.15) is 28.9 Å². The van der Waals surface area contributed by atoms with Crippen LogP contribution in [-0.4, -0.2) is 67.0 Å². The molecule has 0 aliphatic carbocycles. The number of nitrogens with zero attached hydrogens (tertiary/aromatic N) is 4. The molecule has 4 rings (SSSR count). The second-order valence-electron chi connectivity index (χ2n) is 8.56. The number of benzene rings is 2. The molecule has 1 aromatic heterocycles. The van der Waals surface area contributed by atoms with Gasteiger partial charge in [-0.15, -0.1) is 0 Å². The molecule has 1 saturated heterocycles. The highest BCUT2D eigenvalue weighted by Gasteiger charge is 2.18. The highest BCUT2D eigenvalue weighted by molar-refractivity contribution is 7.89.